The van der Waals surface area contributed by atoms with Crippen LogP contribution in [-0.2, 0) is 4.79 Å². The number of hydrogen-bond donors (Lipinski definition) is 3. The van der Waals surface area contributed by atoms with E-state index in [0.717, 1.165) is 5.56 Å². The normalized spacial score (nSPS) is 15.5. The fourth-order valence-electron chi connectivity index (χ4n) is 3.46. The first kappa shape index (κ1) is 22.2. The summed E-state index contributed by atoms with van der Waals surface area (Å²) in [5.41, 5.74) is 2.32. The minimum atomic E-state index is -0.553. The molecule has 2 aromatic rings. The van der Waals surface area contributed by atoms with Crippen molar-refractivity contribution in [3.8, 4) is 23.0 Å². The molecule has 3 rings (SSSR count). The number of ether oxygens (including phenoxy) is 4. The Labute approximate surface area is 186 Å². The van der Waals surface area contributed by atoms with E-state index in [0.29, 0.717) is 45.1 Å². The molecular formula is C22H25N3O5S. The topological polar surface area (TPSA) is 90.1 Å². The van der Waals surface area contributed by atoms with E-state index in [4.69, 9.17) is 31.2 Å². The number of thiocarbonyl (C=S) groups is 1. The van der Waals surface area contributed by atoms with Gasteiger partial charge in [-0.25, -0.2) is 0 Å². The standard InChI is InChI=1S/C22H25N3O5S/c1-12-18(21(26)24-15-10-9-13(27-2)11-17(15)29-4)19(25-22(31)23-12)14-7-6-8-16(28-3)20(14)30-5/h6-11,19H,1-5H3,(H,24,26)(H2,23,25,31)/t19-/m1/s1. The van der Waals surface area contributed by atoms with E-state index in [-0.39, 0.29) is 5.91 Å². The molecule has 0 aliphatic carbocycles. The molecule has 9 heteroatoms. The maximum atomic E-state index is 13.4. The van der Waals surface area contributed by atoms with Crippen molar-refractivity contribution in [1.82, 2.24) is 10.6 Å². The molecule has 0 aromatic heterocycles. The van der Waals surface area contributed by atoms with Gasteiger partial charge >= 0.3 is 0 Å². The second-order valence-corrected chi connectivity index (χ2v) is 7.08. The van der Waals surface area contributed by atoms with Gasteiger partial charge in [0, 0.05) is 17.3 Å². The number of benzene rings is 2. The number of carbonyl (C=O) groups is 1. The second-order valence-electron chi connectivity index (χ2n) is 6.67. The van der Waals surface area contributed by atoms with Crippen molar-refractivity contribution in [2.45, 2.75) is 13.0 Å². The molecule has 3 N–H and O–H groups in total. The van der Waals surface area contributed by atoms with Crippen LogP contribution >= 0.6 is 12.2 Å². The van der Waals surface area contributed by atoms with E-state index in [1.165, 1.54) is 7.11 Å². The Morgan fingerprint density at radius 3 is 2.39 bits per heavy atom. The highest BCUT2D eigenvalue weighted by molar-refractivity contribution is 7.80. The number of hydrogen-bond acceptors (Lipinski definition) is 6. The lowest BCUT2D eigenvalue weighted by atomic mass is 9.93. The summed E-state index contributed by atoms with van der Waals surface area (Å²) in [6, 6.07) is 10.1. The van der Waals surface area contributed by atoms with Crippen LogP contribution < -0.4 is 34.9 Å². The fourth-order valence-corrected chi connectivity index (χ4v) is 3.73. The molecule has 1 heterocycles. The molecule has 8 nitrogen and oxygen atoms in total. The van der Waals surface area contributed by atoms with Gasteiger partial charge in [-0.05, 0) is 37.3 Å². The second kappa shape index (κ2) is 9.57. The molecular weight excluding hydrogens is 418 g/mol. The largest absolute Gasteiger partial charge is 0.497 e. The predicted octanol–water partition coefficient (Wildman–Crippen LogP) is 3.15. The quantitative estimate of drug-likeness (QED) is 0.563. The van der Waals surface area contributed by atoms with E-state index >= 15 is 0 Å². The molecule has 0 fully saturated rings. The van der Waals surface area contributed by atoms with Crippen LogP contribution in [0.2, 0.25) is 0 Å². The fraction of sp³-hybridized carbons (Fsp3) is 0.273. The minimum absolute atomic E-state index is 0.321. The van der Waals surface area contributed by atoms with Gasteiger partial charge in [-0.15, -0.1) is 0 Å². The number of carbonyl (C=O) groups excluding carboxylic acids is 1. The monoisotopic (exact) mass is 443 g/mol. The third-order valence-corrected chi connectivity index (χ3v) is 5.13. The summed E-state index contributed by atoms with van der Waals surface area (Å²) >= 11 is 5.34. The predicted molar refractivity (Wildman–Crippen MR) is 122 cm³/mol. The van der Waals surface area contributed by atoms with Crippen molar-refractivity contribution in [1.29, 1.82) is 0 Å². The number of allylic oxidation sites excluding steroid dienone is 1. The van der Waals surface area contributed by atoms with Crippen LogP contribution in [0.5, 0.6) is 23.0 Å². The average molecular weight is 444 g/mol. The zero-order valence-corrected chi connectivity index (χ0v) is 18.8. The Bertz CT molecular complexity index is 1040. The zero-order valence-electron chi connectivity index (χ0n) is 18.0. The van der Waals surface area contributed by atoms with Gasteiger partial charge in [0.1, 0.15) is 11.5 Å². The Kier molecular flexibility index (Phi) is 6.86. The van der Waals surface area contributed by atoms with Gasteiger partial charge in [0.2, 0.25) is 0 Å². The highest BCUT2D eigenvalue weighted by Gasteiger charge is 2.33. The lowest BCUT2D eigenvalue weighted by Gasteiger charge is -2.31. The summed E-state index contributed by atoms with van der Waals surface area (Å²) in [7, 11) is 6.21. The summed E-state index contributed by atoms with van der Waals surface area (Å²) in [6.45, 7) is 1.80. The van der Waals surface area contributed by atoms with Crippen molar-refractivity contribution < 1.29 is 23.7 Å². The van der Waals surface area contributed by atoms with Crippen LogP contribution in [-0.4, -0.2) is 39.5 Å². The first-order chi connectivity index (χ1) is 14.9. The van der Waals surface area contributed by atoms with Gasteiger partial charge in [0.15, 0.2) is 16.6 Å². The summed E-state index contributed by atoms with van der Waals surface area (Å²) in [5.74, 6) is 1.86. The van der Waals surface area contributed by atoms with Gasteiger partial charge in [-0.3, -0.25) is 4.79 Å². The first-order valence-corrected chi connectivity index (χ1v) is 9.86. The van der Waals surface area contributed by atoms with Crippen LogP contribution in [0.1, 0.15) is 18.5 Å². The number of nitrogens with one attached hydrogen (secondary N) is 3. The first-order valence-electron chi connectivity index (χ1n) is 9.46. The summed E-state index contributed by atoms with van der Waals surface area (Å²) in [4.78, 5) is 13.4. The molecule has 31 heavy (non-hydrogen) atoms. The molecule has 1 atom stereocenters. The molecule has 0 saturated heterocycles. The van der Waals surface area contributed by atoms with E-state index in [2.05, 4.69) is 16.0 Å². The molecule has 164 valence electrons. The maximum Gasteiger partial charge on any atom is 0.255 e. The molecule has 1 aliphatic rings. The smallest absolute Gasteiger partial charge is 0.255 e. The van der Waals surface area contributed by atoms with E-state index in [9.17, 15) is 4.79 Å². The summed E-state index contributed by atoms with van der Waals surface area (Å²) in [6.07, 6.45) is 0. The van der Waals surface area contributed by atoms with Crippen LogP contribution in [0.25, 0.3) is 0 Å². The molecule has 0 bridgehead atoms. The SMILES string of the molecule is COc1ccc(NC(=O)C2=C(C)NC(=S)N[C@@H]2c2cccc(OC)c2OC)c(OC)c1. The van der Waals surface area contributed by atoms with Gasteiger partial charge in [0.25, 0.3) is 5.91 Å². The summed E-state index contributed by atoms with van der Waals surface area (Å²) in [5, 5.41) is 9.52. The number of amides is 1. The Balaban J connectivity index is 2.03. The van der Waals surface area contributed by atoms with Crippen LogP contribution in [0.3, 0.4) is 0 Å². The molecule has 0 spiro atoms. The minimum Gasteiger partial charge on any atom is -0.497 e. The summed E-state index contributed by atoms with van der Waals surface area (Å²) < 4.78 is 21.6. The maximum absolute atomic E-state index is 13.4. The zero-order chi connectivity index (χ0) is 22.5. The highest BCUT2D eigenvalue weighted by Crippen LogP contribution is 2.39. The van der Waals surface area contributed by atoms with Gasteiger partial charge in [-0.2, -0.15) is 0 Å². The molecule has 0 radical (unpaired) electrons. The molecule has 1 aliphatic heterocycles. The number of rotatable bonds is 7. The van der Waals surface area contributed by atoms with Crippen molar-refractivity contribution in [3.05, 3.63) is 53.2 Å². The number of para-hydroxylation sites is 1. The average Bonchev–Trinajstić information content (AvgIpc) is 2.77. The van der Waals surface area contributed by atoms with E-state index in [1.54, 1.807) is 52.5 Å². The highest BCUT2D eigenvalue weighted by atomic mass is 32.1. The number of anilines is 1. The van der Waals surface area contributed by atoms with Gasteiger partial charge in [-0.1, -0.05) is 12.1 Å². The molecule has 2 aromatic carbocycles. The van der Waals surface area contributed by atoms with Crippen molar-refractivity contribution in [2.75, 3.05) is 33.8 Å². The van der Waals surface area contributed by atoms with Crippen molar-refractivity contribution in [2.24, 2.45) is 0 Å². The van der Waals surface area contributed by atoms with Crippen LogP contribution in [0, 0.1) is 0 Å². The third kappa shape index (κ3) is 4.51. The van der Waals surface area contributed by atoms with Gasteiger partial charge < -0.3 is 34.9 Å². The molecule has 0 saturated carbocycles. The number of methoxy groups -OCH3 is 4. The third-order valence-electron chi connectivity index (χ3n) is 4.92. The van der Waals surface area contributed by atoms with Crippen molar-refractivity contribution >= 4 is 28.9 Å². The lowest BCUT2D eigenvalue weighted by Crippen LogP contribution is -2.45. The Morgan fingerprint density at radius 1 is 1.00 bits per heavy atom. The van der Waals surface area contributed by atoms with Crippen LogP contribution in [0.15, 0.2) is 47.7 Å². The molecule has 1 amide bonds. The van der Waals surface area contributed by atoms with E-state index in [1.807, 2.05) is 12.1 Å². The Hall–Kier alpha value is -3.46. The Morgan fingerprint density at radius 2 is 1.74 bits per heavy atom. The lowest BCUT2D eigenvalue weighted by molar-refractivity contribution is -0.113. The molecule has 0 unspecified atom stereocenters. The van der Waals surface area contributed by atoms with Crippen molar-refractivity contribution in [3.63, 3.8) is 0 Å². The van der Waals surface area contributed by atoms with Gasteiger partial charge in [0.05, 0.1) is 45.7 Å². The van der Waals surface area contributed by atoms with Crippen LogP contribution in [0.4, 0.5) is 5.69 Å². The van der Waals surface area contributed by atoms with E-state index < -0.39 is 6.04 Å².